The van der Waals surface area contributed by atoms with Crippen molar-refractivity contribution in [3.05, 3.63) is 97.1 Å². The summed E-state index contributed by atoms with van der Waals surface area (Å²) in [5, 5.41) is 15.4. The minimum Gasteiger partial charge on any atom is -0.424 e. The molecule has 0 fully saturated rings. The second-order valence-corrected chi connectivity index (χ2v) is 9.17. The van der Waals surface area contributed by atoms with Gasteiger partial charge in [0.2, 0.25) is 0 Å². The number of rotatable bonds is 12. The normalized spacial score (nSPS) is 11.9. The molecule has 0 amide bonds. The number of carbonyl (C=O) groups excluding carboxylic acids is 2. The summed E-state index contributed by atoms with van der Waals surface area (Å²) in [6.07, 6.45) is -10.3. The first-order chi connectivity index (χ1) is 22.4. The Balaban J connectivity index is 1.32. The topological polar surface area (TPSA) is 121 Å². The minimum absolute atomic E-state index is 0.00927. The van der Waals surface area contributed by atoms with E-state index < -0.39 is 36.2 Å². The zero-order valence-corrected chi connectivity index (χ0v) is 23.9. The van der Waals surface area contributed by atoms with E-state index in [0.717, 1.165) is 12.1 Å². The Morgan fingerprint density at radius 2 is 0.745 bits per heavy atom. The van der Waals surface area contributed by atoms with Gasteiger partial charge in [0.05, 0.1) is 0 Å². The fraction of sp³-hybridized carbons (Fsp3) is 0.161. The van der Waals surface area contributed by atoms with Crippen molar-refractivity contribution >= 4 is 34.7 Å². The van der Waals surface area contributed by atoms with Crippen molar-refractivity contribution in [2.75, 3.05) is 0 Å². The van der Waals surface area contributed by atoms with Crippen LogP contribution in [0.4, 0.5) is 49.1 Å². The van der Waals surface area contributed by atoms with E-state index in [1.165, 1.54) is 72.8 Å². The van der Waals surface area contributed by atoms with Gasteiger partial charge in [-0.1, -0.05) is 48.5 Å². The van der Waals surface area contributed by atoms with E-state index in [-0.39, 0.29) is 53.5 Å². The van der Waals surface area contributed by atoms with Gasteiger partial charge in [0.15, 0.2) is 23.0 Å². The molecule has 0 atom stereocenters. The maximum atomic E-state index is 12.7. The van der Waals surface area contributed by atoms with E-state index in [4.69, 9.17) is 9.47 Å². The molecule has 0 heterocycles. The number of ether oxygens (including phenoxy) is 4. The van der Waals surface area contributed by atoms with Gasteiger partial charge >= 0.3 is 24.7 Å². The van der Waals surface area contributed by atoms with Crippen LogP contribution in [0.3, 0.4) is 0 Å². The van der Waals surface area contributed by atoms with E-state index in [2.05, 4.69) is 29.9 Å². The number of para-hydroxylation sites is 4. The van der Waals surface area contributed by atoms with Gasteiger partial charge in [-0.25, -0.2) is 0 Å². The van der Waals surface area contributed by atoms with Gasteiger partial charge in [-0.05, 0) is 55.0 Å². The van der Waals surface area contributed by atoms with Crippen LogP contribution in [0.2, 0.25) is 0 Å². The number of nitrogens with zero attached hydrogens (tertiary/aromatic N) is 4. The van der Waals surface area contributed by atoms with Crippen molar-refractivity contribution in [1.29, 1.82) is 0 Å². The first kappa shape index (κ1) is 34.1. The highest BCUT2D eigenvalue weighted by Gasteiger charge is 2.33. The van der Waals surface area contributed by atoms with Crippen LogP contribution < -0.4 is 18.9 Å². The molecule has 4 aromatic rings. The molecule has 0 aliphatic heterocycles. The second kappa shape index (κ2) is 15.5. The largest absolute Gasteiger partial charge is 0.573 e. The van der Waals surface area contributed by atoms with E-state index in [0.29, 0.717) is 0 Å². The molecule has 244 valence electrons. The molecular weight excluding hydrogens is 638 g/mol. The highest BCUT2D eigenvalue weighted by Crippen LogP contribution is 2.36. The summed E-state index contributed by atoms with van der Waals surface area (Å²) in [6, 6.07) is 22.0. The Labute approximate surface area is 262 Å². The predicted octanol–water partition coefficient (Wildman–Crippen LogP) is 10.00. The first-order valence-electron chi connectivity index (χ1n) is 13.5. The lowest BCUT2D eigenvalue weighted by Gasteiger charge is -2.10. The van der Waals surface area contributed by atoms with Gasteiger partial charge in [0.25, 0.3) is 0 Å². The molecule has 0 radical (unpaired) electrons. The molecule has 0 unspecified atom stereocenters. The van der Waals surface area contributed by atoms with Crippen molar-refractivity contribution in [3.8, 4) is 23.0 Å². The van der Waals surface area contributed by atoms with Crippen LogP contribution in [0.25, 0.3) is 0 Å². The summed E-state index contributed by atoms with van der Waals surface area (Å²) >= 11 is 0. The van der Waals surface area contributed by atoms with Crippen molar-refractivity contribution in [1.82, 2.24) is 0 Å². The highest BCUT2D eigenvalue weighted by atomic mass is 19.4. The quantitative estimate of drug-likeness (QED) is 0.0645. The zero-order valence-electron chi connectivity index (χ0n) is 23.9. The van der Waals surface area contributed by atoms with Crippen LogP contribution in [-0.2, 0) is 9.59 Å². The molecule has 0 aromatic heterocycles. The van der Waals surface area contributed by atoms with Gasteiger partial charge in [-0.3, -0.25) is 9.59 Å². The van der Waals surface area contributed by atoms with Crippen LogP contribution in [0.1, 0.15) is 19.3 Å². The maximum absolute atomic E-state index is 12.7. The van der Waals surface area contributed by atoms with Gasteiger partial charge in [0.1, 0.15) is 22.7 Å². The second-order valence-electron chi connectivity index (χ2n) is 9.17. The Morgan fingerprint density at radius 3 is 1.06 bits per heavy atom. The number of halogens is 6. The Morgan fingerprint density at radius 1 is 0.468 bits per heavy atom. The number of azo groups is 2. The molecule has 16 heteroatoms. The molecule has 0 spiro atoms. The van der Waals surface area contributed by atoms with E-state index in [1.807, 2.05) is 0 Å². The highest BCUT2D eigenvalue weighted by molar-refractivity contribution is 5.77. The molecule has 0 bridgehead atoms. The lowest BCUT2D eigenvalue weighted by Crippen LogP contribution is -2.17. The van der Waals surface area contributed by atoms with Crippen LogP contribution in [0, 0.1) is 0 Å². The summed E-state index contributed by atoms with van der Waals surface area (Å²) in [4.78, 5) is 25.0. The Hall–Kier alpha value is -5.80. The van der Waals surface area contributed by atoms with Crippen molar-refractivity contribution in [2.24, 2.45) is 20.5 Å². The average Bonchev–Trinajstić information content (AvgIpc) is 3.00. The van der Waals surface area contributed by atoms with Gasteiger partial charge in [-0.2, -0.15) is 0 Å². The van der Waals surface area contributed by atoms with Crippen molar-refractivity contribution in [2.45, 2.75) is 32.0 Å². The van der Waals surface area contributed by atoms with Crippen molar-refractivity contribution < 1.29 is 54.9 Å². The average molecular weight is 661 g/mol. The molecule has 4 aromatic carbocycles. The summed E-state index contributed by atoms with van der Waals surface area (Å²) in [5.74, 6) is -2.68. The molecule has 0 aliphatic rings. The van der Waals surface area contributed by atoms with Crippen molar-refractivity contribution in [3.63, 3.8) is 0 Å². The van der Waals surface area contributed by atoms with Gasteiger partial charge in [0, 0.05) is 12.8 Å². The lowest BCUT2D eigenvalue weighted by atomic mass is 10.2. The fourth-order valence-corrected chi connectivity index (χ4v) is 3.69. The monoisotopic (exact) mass is 660 g/mol. The number of hydrogen-bond acceptors (Lipinski definition) is 10. The fourth-order valence-electron chi connectivity index (χ4n) is 3.69. The van der Waals surface area contributed by atoms with Gasteiger partial charge in [-0.15, -0.1) is 46.8 Å². The summed E-state index contributed by atoms with van der Waals surface area (Å²) in [5.41, 5.74) is -0.346. The summed E-state index contributed by atoms with van der Waals surface area (Å²) in [6.45, 7) is 0. The van der Waals surface area contributed by atoms with Crippen LogP contribution >= 0.6 is 0 Å². The van der Waals surface area contributed by atoms with Crippen LogP contribution in [-0.4, -0.2) is 24.7 Å². The molecule has 0 N–H and O–H groups in total. The van der Waals surface area contributed by atoms with Crippen LogP contribution in [0.5, 0.6) is 23.0 Å². The number of benzene rings is 4. The number of hydrogen-bond donors (Lipinski definition) is 0. The van der Waals surface area contributed by atoms with E-state index in [9.17, 15) is 35.9 Å². The van der Waals surface area contributed by atoms with Gasteiger partial charge < -0.3 is 18.9 Å². The maximum Gasteiger partial charge on any atom is 0.573 e. The predicted molar refractivity (Wildman–Crippen MR) is 153 cm³/mol. The Kier molecular flexibility index (Phi) is 11.2. The van der Waals surface area contributed by atoms with E-state index in [1.54, 1.807) is 12.1 Å². The molecule has 10 nitrogen and oxygen atoms in total. The summed E-state index contributed by atoms with van der Waals surface area (Å²) < 4.78 is 94.7. The minimum atomic E-state index is -4.94. The Bertz CT molecular complexity index is 1630. The first-order valence-corrected chi connectivity index (χ1v) is 13.5. The summed E-state index contributed by atoms with van der Waals surface area (Å²) in [7, 11) is 0. The standard InChI is InChI=1S/C31H22F6N4O6/c32-30(33,34)46-26-16-7-3-12-22(26)40-38-20-10-1-5-14-24(20)44-28(42)18-9-19-29(43)45-25-15-6-2-11-21(25)39-41-23-13-4-8-17-27(23)47-31(35,36)37/h1-8,10-17H,9,18-19H2. The van der Waals surface area contributed by atoms with E-state index >= 15 is 0 Å². The smallest absolute Gasteiger partial charge is 0.424 e. The van der Waals surface area contributed by atoms with Crippen LogP contribution in [0.15, 0.2) is 118 Å². The molecule has 0 saturated carbocycles. The lowest BCUT2D eigenvalue weighted by molar-refractivity contribution is -0.275. The zero-order chi connectivity index (χ0) is 33.9. The number of carbonyl (C=O) groups is 2. The molecule has 0 aliphatic carbocycles. The molecular formula is C31H22F6N4O6. The number of alkyl halides is 6. The third-order valence-electron chi connectivity index (χ3n) is 5.65. The number of esters is 2. The molecule has 4 rings (SSSR count). The third kappa shape index (κ3) is 11.3. The molecule has 47 heavy (non-hydrogen) atoms. The molecule has 0 saturated heterocycles. The third-order valence-corrected chi connectivity index (χ3v) is 5.65. The SMILES string of the molecule is O=C(CCCC(=O)Oc1ccccc1N=Nc1ccccc1OC(F)(F)F)Oc1ccccc1N=Nc1ccccc1OC(F)(F)F.